The average molecular weight is 377 g/mol. The fourth-order valence-electron chi connectivity index (χ4n) is 2.25. The van der Waals surface area contributed by atoms with Crippen molar-refractivity contribution in [3.05, 3.63) is 47.3 Å². The lowest BCUT2D eigenvalue weighted by Crippen LogP contribution is -2.34. The fourth-order valence-corrected chi connectivity index (χ4v) is 2.25. The lowest BCUT2D eigenvalue weighted by atomic mass is 10.2. The second-order valence-corrected chi connectivity index (χ2v) is 5.48. The van der Waals surface area contributed by atoms with Crippen molar-refractivity contribution in [2.24, 2.45) is 0 Å². The van der Waals surface area contributed by atoms with Crippen LogP contribution in [-0.4, -0.2) is 47.8 Å². The Balaban J connectivity index is 0.00000312. The van der Waals surface area contributed by atoms with Gasteiger partial charge < -0.3 is 10.2 Å². The van der Waals surface area contributed by atoms with Crippen molar-refractivity contribution < 1.29 is 18.0 Å². The van der Waals surface area contributed by atoms with Crippen molar-refractivity contribution in [2.45, 2.75) is 13.1 Å². The number of rotatable bonds is 5. The van der Waals surface area contributed by atoms with Gasteiger partial charge >= 0.3 is 6.18 Å². The van der Waals surface area contributed by atoms with Crippen LogP contribution in [0.25, 0.3) is 5.69 Å². The molecule has 5 nitrogen and oxygen atoms in total. The van der Waals surface area contributed by atoms with Crippen molar-refractivity contribution in [3.63, 3.8) is 0 Å². The normalized spacial score (nSPS) is 11.1. The molecule has 1 N–H and O–H groups in total. The largest absolute Gasteiger partial charge is 0.434 e. The van der Waals surface area contributed by atoms with Crippen LogP contribution < -0.4 is 5.32 Å². The van der Waals surface area contributed by atoms with E-state index >= 15 is 0 Å². The molecular formula is C16H20ClF3N4O. The van der Waals surface area contributed by atoms with Gasteiger partial charge in [-0.25, -0.2) is 4.68 Å². The van der Waals surface area contributed by atoms with Crippen LogP contribution in [0.4, 0.5) is 13.2 Å². The number of hydrogen-bond donors (Lipinski definition) is 1. The fraction of sp³-hybridized carbons (Fsp3) is 0.375. The third-order valence-corrected chi connectivity index (χ3v) is 3.59. The van der Waals surface area contributed by atoms with Gasteiger partial charge in [0.25, 0.3) is 5.91 Å². The number of aromatic nitrogens is 2. The van der Waals surface area contributed by atoms with E-state index in [2.05, 4.69) is 10.4 Å². The molecule has 25 heavy (non-hydrogen) atoms. The van der Waals surface area contributed by atoms with E-state index in [1.165, 1.54) is 24.1 Å². The van der Waals surface area contributed by atoms with Gasteiger partial charge in [0.1, 0.15) is 0 Å². The summed E-state index contributed by atoms with van der Waals surface area (Å²) in [6.07, 6.45) is -3.73. The number of benzene rings is 1. The molecule has 1 amide bonds. The molecule has 0 aliphatic heterocycles. The maximum absolute atomic E-state index is 13.5. The van der Waals surface area contributed by atoms with Crippen LogP contribution in [0.3, 0.4) is 0 Å². The van der Waals surface area contributed by atoms with Crippen molar-refractivity contribution in [2.75, 3.05) is 27.2 Å². The summed E-state index contributed by atoms with van der Waals surface area (Å²) in [5.41, 5.74) is -0.346. The predicted octanol–water partition coefficient (Wildman–Crippen LogP) is 2.91. The van der Waals surface area contributed by atoms with Gasteiger partial charge in [-0.1, -0.05) is 17.7 Å². The van der Waals surface area contributed by atoms with Crippen LogP contribution in [0.15, 0.2) is 30.5 Å². The van der Waals surface area contributed by atoms with Crippen LogP contribution in [0.5, 0.6) is 0 Å². The molecule has 0 bridgehead atoms. The summed E-state index contributed by atoms with van der Waals surface area (Å²) in [5.74, 6) is -0.712. The zero-order chi connectivity index (χ0) is 17.9. The number of hydrogen-bond acceptors (Lipinski definition) is 3. The molecule has 1 aromatic heterocycles. The van der Waals surface area contributed by atoms with Crippen molar-refractivity contribution >= 4 is 18.3 Å². The highest BCUT2D eigenvalue weighted by molar-refractivity contribution is 5.95. The Hall–Kier alpha value is -2.06. The Kier molecular flexibility index (Phi) is 7.01. The van der Waals surface area contributed by atoms with Crippen molar-refractivity contribution in [3.8, 4) is 5.69 Å². The number of alkyl halides is 3. The summed E-state index contributed by atoms with van der Waals surface area (Å²) in [6, 6.07) is 6.46. The highest BCUT2D eigenvalue weighted by Crippen LogP contribution is 2.34. The van der Waals surface area contributed by atoms with Gasteiger partial charge in [-0.15, -0.1) is 12.4 Å². The lowest BCUT2D eigenvalue weighted by molar-refractivity contribution is -0.143. The molecule has 138 valence electrons. The molecule has 1 heterocycles. The number of aryl methyl sites for hydroxylation is 1. The van der Waals surface area contributed by atoms with E-state index in [4.69, 9.17) is 0 Å². The zero-order valence-corrected chi connectivity index (χ0v) is 14.9. The molecule has 1 aromatic carbocycles. The van der Waals surface area contributed by atoms with E-state index in [1.54, 1.807) is 19.2 Å². The SMILES string of the molecule is CNCCN(C)C(=O)c1cnn(-c2ccc(C)cc2)c1C(F)(F)F.Cl. The molecule has 0 atom stereocenters. The molecule has 0 spiro atoms. The number of carbonyl (C=O) groups excluding carboxylic acids is 1. The number of halogens is 4. The van der Waals surface area contributed by atoms with Gasteiger partial charge in [0, 0.05) is 20.1 Å². The predicted molar refractivity (Wildman–Crippen MR) is 91.4 cm³/mol. The van der Waals surface area contributed by atoms with Crippen molar-refractivity contribution in [1.29, 1.82) is 0 Å². The summed E-state index contributed by atoms with van der Waals surface area (Å²) < 4.78 is 41.4. The quantitative estimate of drug-likeness (QED) is 0.873. The molecule has 0 saturated carbocycles. The maximum Gasteiger partial charge on any atom is 0.434 e. The molecule has 2 rings (SSSR count). The second kappa shape index (κ2) is 8.35. The zero-order valence-electron chi connectivity index (χ0n) is 14.1. The minimum Gasteiger partial charge on any atom is -0.340 e. The van der Waals surface area contributed by atoms with Gasteiger partial charge in [0.05, 0.1) is 17.4 Å². The standard InChI is InChI=1S/C16H19F3N4O.ClH/c1-11-4-6-12(7-5-11)23-14(16(17,18)19)13(10-21-23)15(24)22(3)9-8-20-2;/h4-7,10,20H,8-9H2,1-3H3;1H. The third-order valence-electron chi connectivity index (χ3n) is 3.59. The molecule has 9 heteroatoms. The first kappa shape index (κ1) is 21.0. The minimum absolute atomic E-state index is 0. The van der Waals surface area contributed by atoms with Gasteiger partial charge in [-0.2, -0.15) is 18.3 Å². The number of likely N-dealkylation sites (N-methyl/N-ethyl adjacent to an activating group) is 2. The van der Waals surface area contributed by atoms with E-state index in [-0.39, 0.29) is 18.1 Å². The number of carbonyl (C=O) groups is 1. The minimum atomic E-state index is -4.70. The van der Waals surface area contributed by atoms with Crippen LogP contribution in [-0.2, 0) is 6.18 Å². The Morgan fingerprint density at radius 2 is 1.88 bits per heavy atom. The van der Waals surface area contributed by atoms with Gasteiger partial charge in [0.2, 0.25) is 0 Å². The lowest BCUT2D eigenvalue weighted by Gasteiger charge is -2.18. The van der Waals surface area contributed by atoms with Gasteiger partial charge in [-0.05, 0) is 26.1 Å². The molecule has 0 aliphatic rings. The van der Waals surface area contributed by atoms with E-state index in [9.17, 15) is 18.0 Å². The van der Waals surface area contributed by atoms with E-state index in [0.717, 1.165) is 16.4 Å². The van der Waals surface area contributed by atoms with E-state index < -0.39 is 23.3 Å². The van der Waals surface area contributed by atoms with Gasteiger partial charge in [-0.3, -0.25) is 4.79 Å². The molecule has 0 fully saturated rings. The van der Waals surface area contributed by atoms with E-state index in [0.29, 0.717) is 13.1 Å². The molecule has 2 aromatic rings. The molecular weight excluding hydrogens is 357 g/mol. The first-order valence-electron chi connectivity index (χ1n) is 7.38. The Morgan fingerprint density at radius 3 is 2.40 bits per heavy atom. The summed E-state index contributed by atoms with van der Waals surface area (Å²) in [6.45, 7) is 2.61. The van der Waals surface area contributed by atoms with Crippen LogP contribution in [0.1, 0.15) is 21.6 Å². The molecule has 0 radical (unpaired) electrons. The maximum atomic E-state index is 13.5. The molecule has 0 saturated heterocycles. The summed E-state index contributed by atoms with van der Waals surface area (Å²) in [4.78, 5) is 13.6. The topological polar surface area (TPSA) is 50.2 Å². The third kappa shape index (κ3) is 4.73. The highest BCUT2D eigenvalue weighted by atomic mass is 35.5. The van der Waals surface area contributed by atoms with Crippen LogP contribution in [0, 0.1) is 6.92 Å². The van der Waals surface area contributed by atoms with Crippen molar-refractivity contribution in [1.82, 2.24) is 20.0 Å². The van der Waals surface area contributed by atoms with Crippen LogP contribution >= 0.6 is 12.4 Å². The number of amides is 1. The smallest absolute Gasteiger partial charge is 0.340 e. The second-order valence-electron chi connectivity index (χ2n) is 5.48. The average Bonchev–Trinajstić information content (AvgIpc) is 2.97. The first-order valence-corrected chi connectivity index (χ1v) is 7.38. The highest BCUT2D eigenvalue weighted by Gasteiger charge is 2.41. The molecule has 0 aliphatic carbocycles. The van der Waals surface area contributed by atoms with E-state index in [1.807, 2.05) is 6.92 Å². The Labute approximate surface area is 150 Å². The number of nitrogens with one attached hydrogen (secondary N) is 1. The van der Waals surface area contributed by atoms with Crippen LogP contribution in [0.2, 0.25) is 0 Å². The Bertz CT molecular complexity index is 713. The Morgan fingerprint density at radius 1 is 1.28 bits per heavy atom. The first-order chi connectivity index (χ1) is 11.3. The summed E-state index contributed by atoms with van der Waals surface area (Å²) >= 11 is 0. The number of nitrogens with zero attached hydrogens (tertiary/aromatic N) is 3. The molecule has 0 unspecified atom stereocenters. The monoisotopic (exact) mass is 376 g/mol. The summed E-state index contributed by atoms with van der Waals surface area (Å²) in [5, 5.41) is 6.65. The summed E-state index contributed by atoms with van der Waals surface area (Å²) in [7, 11) is 3.16. The van der Waals surface area contributed by atoms with Gasteiger partial charge in [0.15, 0.2) is 5.69 Å².